The molecule has 0 aromatic heterocycles. The van der Waals surface area contributed by atoms with Gasteiger partial charge in [-0.05, 0) is 43.6 Å². The summed E-state index contributed by atoms with van der Waals surface area (Å²) in [7, 11) is 0. The fraction of sp³-hybridized carbons (Fsp3) is 0.571. The average Bonchev–Trinajstić information content (AvgIpc) is 2.83. The number of carbonyl (C=O) groups is 3. The van der Waals surface area contributed by atoms with Crippen LogP contribution in [0.15, 0.2) is 30.3 Å². The molecule has 0 spiro atoms. The molecule has 2 aliphatic heterocycles. The summed E-state index contributed by atoms with van der Waals surface area (Å²) in [5.41, 5.74) is 2.58. The lowest BCUT2D eigenvalue weighted by Gasteiger charge is -2.34. The van der Waals surface area contributed by atoms with Crippen LogP contribution in [0.25, 0.3) is 0 Å². The monoisotopic (exact) mass is 386 g/mol. The van der Waals surface area contributed by atoms with E-state index in [4.69, 9.17) is 0 Å². The number of benzene rings is 1. The Morgan fingerprint density at radius 2 is 1.82 bits per heavy atom. The minimum Gasteiger partial charge on any atom is -0.322 e. The largest absolute Gasteiger partial charge is 0.344 e. The van der Waals surface area contributed by atoms with Crippen LogP contribution >= 0.6 is 0 Å². The van der Waals surface area contributed by atoms with Crippen LogP contribution in [0.4, 0.5) is 4.79 Å². The molecule has 28 heavy (non-hydrogen) atoms. The molecule has 1 aromatic carbocycles. The first-order chi connectivity index (χ1) is 13.3. The summed E-state index contributed by atoms with van der Waals surface area (Å²) in [5, 5.41) is 3.57. The molecule has 152 valence electrons. The van der Waals surface area contributed by atoms with Gasteiger partial charge in [0.15, 0.2) is 0 Å². The number of hydrogen-bond acceptors (Lipinski definition) is 4. The molecule has 3 rings (SSSR count). The van der Waals surface area contributed by atoms with Gasteiger partial charge in [-0.3, -0.25) is 19.9 Å². The summed E-state index contributed by atoms with van der Waals surface area (Å²) in [6, 6.07) is 9.24. The van der Waals surface area contributed by atoms with Crippen molar-refractivity contribution in [1.82, 2.24) is 20.7 Å². The lowest BCUT2D eigenvalue weighted by atomic mass is 9.92. The minimum atomic E-state index is -1.02. The van der Waals surface area contributed by atoms with Crippen LogP contribution in [-0.4, -0.2) is 52.9 Å². The molecule has 2 N–H and O–H groups in total. The molecule has 4 amide bonds. The third-order valence-corrected chi connectivity index (χ3v) is 5.57. The van der Waals surface area contributed by atoms with Crippen LogP contribution in [0.2, 0.25) is 0 Å². The van der Waals surface area contributed by atoms with E-state index in [0.29, 0.717) is 24.7 Å². The number of urea groups is 1. The number of aryl methyl sites for hydroxylation is 1. The Kier molecular flexibility index (Phi) is 6.03. The maximum Gasteiger partial charge on any atom is 0.344 e. The van der Waals surface area contributed by atoms with Gasteiger partial charge in [-0.2, -0.15) is 5.01 Å². The first-order valence-electron chi connectivity index (χ1n) is 9.99. The van der Waals surface area contributed by atoms with Crippen LogP contribution < -0.4 is 10.7 Å². The van der Waals surface area contributed by atoms with Gasteiger partial charge in [0.25, 0.3) is 11.8 Å². The second kappa shape index (κ2) is 8.31. The Labute approximate surface area is 166 Å². The third-order valence-electron chi connectivity index (χ3n) is 5.57. The second-order valence-electron chi connectivity index (χ2n) is 8.56. The molecule has 1 aromatic rings. The zero-order valence-corrected chi connectivity index (χ0v) is 16.9. The molecule has 2 heterocycles. The maximum atomic E-state index is 12.8. The summed E-state index contributed by atoms with van der Waals surface area (Å²) < 4.78 is 0. The Hall–Kier alpha value is -2.41. The summed E-state index contributed by atoms with van der Waals surface area (Å²) in [4.78, 5) is 39.6. The summed E-state index contributed by atoms with van der Waals surface area (Å²) >= 11 is 0. The number of nitrogens with zero attached hydrogens (tertiary/aromatic N) is 2. The molecule has 2 aliphatic rings. The molecule has 0 radical (unpaired) electrons. The predicted molar refractivity (Wildman–Crippen MR) is 106 cm³/mol. The van der Waals surface area contributed by atoms with E-state index < -0.39 is 17.5 Å². The number of rotatable bonds is 6. The molecule has 0 bridgehead atoms. The first kappa shape index (κ1) is 20.3. The van der Waals surface area contributed by atoms with E-state index >= 15 is 0 Å². The highest BCUT2D eigenvalue weighted by Crippen LogP contribution is 2.23. The molecule has 3 atom stereocenters. The molecule has 2 fully saturated rings. The quantitative estimate of drug-likeness (QED) is 0.732. The highest BCUT2D eigenvalue weighted by molar-refractivity contribution is 6.07. The number of likely N-dealkylation sites (tertiary alicyclic amines) is 1. The normalized spacial score (nSPS) is 28.3. The fourth-order valence-electron chi connectivity index (χ4n) is 4.28. The van der Waals surface area contributed by atoms with Crippen LogP contribution in [0, 0.1) is 11.8 Å². The smallest absolute Gasteiger partial charge is 0.322 e. The van der Waals surface area contributed by atoms with Gasteiger partial charge >= 0.3 is 6.03 Å². The minimum absolute atomic E-state index is 0.187. The number of amides is 4. The highest BCUT2D eigenvalue weighted by Gasteiger charge is 2.48. The zero-order valence-electron chi connectivity index (χ0n) is 16.9. The summed E-state index contributed by atoms with van der Waals surface area (Å²) in [5.74, 6) is 0.323. The summed E-state index contributed by atoms with van der Waals surface area (Å²) in [6.07, 6.45) is 2.29. The summed E-state index contributed by atoms with van der Waals surface area (Å²) in [6.45, 7) is 7.95. The van der Waals surface area contributed by atoms with E-state index in [1.54, 1.807) is 6.92 Å². The van der Waals surface area contributed by atoms with Crippen molar-refractivity contribution >= 4 is 17.8 Å². The molecule has 0 saturated carbocycles. The predicted octanol–water partition coefficient (Wildman–Crippen LogP) is 1.94. The molecular formula is C21H30N4O3. The van der Waals surface area contributed by atoms with Crippen LogP contribution in [0.3, 0.4) is 0 Å². The second-order valence-corrected chi connectivity index (χ2v) is 8.56. The van der Waals surface area contributed by atoms with E-state index in [1.165, 1.54) is 0 Å². The number of carbonyl (C=O) groups excluding carboxylic acids is 3. The van der Waals surface area contributed by atoms with Crippen molar-refractivity contribution < 1.29 is 14.4 Å². The molecule has 2 saturated heterocycles. The number of imide groups is 1. The van der Waals surface area contributed by atoms with E-state index in [9.17, 15) is 14.4 Å². The average molecular weight is 386 g/mol. The van der Waals surface area contributed by atoms with Crippen molar-refractivity contribution in [1.29, 1.82) is 0 Å². The van der Waals surface area contributed by atoms with E-state index in [0.717, 1.165) is 30.1 Å². The van der Waals surface area contributed by atoms with Gasteiger partial charge < -0.3 is 5.32 Å². The molecule has 0 aliphatic carbocycles. The van der Waals surface area contributed by atoms with Gasteiger partial charge in [-0.1, -0.05) is 44.2 Å². The van der Waals surface area contributed by atoms with Crippen molar-refractivity contribution in [3.05, 3.63) is 35.9 Å². The van der Waals surface area contributed by atoms with Gasteiger partial charge in [0.05, 0.1) is 6.54 Å². The Balaban J connectivity index is 1.56. The van der Waals surface area contributed by atoms with Gasteiger partial charge in [-0.15, -0.1) is 0 Å². The van der Waals surface area contributed by atoms with Gasteiger partial charge in [0.2, 0.25) is 0 Å². The Morgan fingerprint density at radius 1 is 1.18 bits per heavy atom. The number of hydrazine groups is 1. The van der Waals surface area contributed by atoms with Crippen LogP contribution in [0.1, 0.15) is 39.2 Å². The van der Waals surface area contributed by atoms with Crippen LogP contribution in [-0.2, 0) is 16.0 Å². The van der Waals surface area contributed by atoms with E-state index in [2.05, 4.69) is 29.5 Å². The molecule has 7 nitrogen and oxygen atoms in total. The topological polar surface area (TPSA) is 81.8 Å². The lowest BCUT2D eigenvalue weighted by molar-refractivity contribution is -0.139. The molecular weight excluding hydrogens is 356 g/mol. The van der Waals surface area contributed by atoms with Crippen molar-refractivity contribution in [2.45, 2.75) is 45.6 Å². The molecule has 0 unspecified atom stereocenters. The first-order valence-corrected chi connectivity index (χ1v) is 9.99. The van der Waals surface area contributed by atoms with Crippen molar-refractivity contribution in [3.63, 3.8) is 0 Å². The van der Waals surface area contributed by atoms with Gasteiger partial charge in [0, 0.05) is 13.1 Å². The zero-order chi connectivity index (χ0) is 20.3. The SMILES string of the molecule is C[C@@H]1C[C@H](C)CN(CC(=O)NN2C(=O)N[C@@](C)(CCc3ccccc3)C2=O)C1. The Morgan fingerprint density at radius 3 is 2.46 bits per heavy atom. The van der Waals surface area contributed by atoms with Gasteiger partial charge in [-0.25, -0.2) is 4.79 Å². The van der Waals surface area contributed by atoms with Crippen molar-refractivity contribution in [2.24, 2.45) is 11.8 Å². The van der Waals surface area contributed by atoms with E-state index in [1.807, 2.05) is 30.3 Å². The van der Waals surface area contributed by atoms with E-state index in [-0.39, 0.29) is 12.5 Å². The third kappa shape index (κ3) is 4.70. The van der Waals surface area contributed by atoms with Gasteiger partial charge in [0.1, 0.15) is 5.54 Å². The molecule has 7 heteroatoms. The number of piperidine rings is 1. The Bertz CT molecular complexity index is 728. The van der Waals surface area contributed by atoms with Crippen molar-refractivity contribution in [3.8, 4) is 0 Å². The number of nitrogens with one attached hydrogen (secondary N) is 2. The number of hydrogen-bond donors (Lipinski definition) is 2. The van der Waals surface area contributed by atoms with Crippen LogP contribution in [0.5, 0.6) is 0 Å². The fourth-order valence-corrected chi connectivity index (χ4v) is 4.28. The highest BCUT2D eigenvalue weighted by atomic mass is 16.2. The maximum absolute atomic E-state index is 12.8. The lowest BCUT2D eigenvalue weighted by Crippen LogP contribution is -2.52. The standard InChI is InChI=1S/C21H30N4O3/c1-15-11-16(2)13-24(12-15)14-18(26)23-25-19(27)21(3,22-20(25)28)10-9-17-7-5-4-6-8-17/h4-8,15-16H,9-14H2,1-3H3,(H,22,28)(H,23,26)/t15-,16+,21-/m0/s1. The van der Waals surface area contributed by atoms with Crippen molar-refractivity contribution in [2.75, 3.05) is 19.6 Å².